The van der Waals surface area contributed by atoms with Crippen LogP contribution >= 0.6 is 11.3 Å². The highest BCUT2D eigenvalue weighted by Crippen LogP contribution is 2.34. The van der Waals surface area contributed by atoms with Crippen LogP contribution in [0.1, 0.15) is 11.1 Å². The fraction of sp³-hybridized carbons (Fsp3) is 0.133. The van der Waals surface area contributed by atoms with Gasteiger partial charge in [0.25, 0.3) is 0 Å². The molecule has 0 radical (unpaired) electrons. The SMILES string of the molecule is Cc1cccc2cc(-c3cc(CN)ccn3)sc12. The third-order valence-electron chi connectivity index (χ3n) is 3.05. The van der Waals surface area contributed by atoms with Crippen LogP contribution in [0.25, 0.3) is 20.7 Å². The first-order valence-corrected chi connectivity index (χ1v) is 6.74. The van der Waals surface area contributed by atoms with Gasteiger partial charge in [0.15, 0.2) is 0 Å². The van der Waals surface area contributed by atoms with E-state index in [1.54, 1.807) is 11.3 Å². The van der Waals surface area contributed by atoms with Gasteiger partial charge in [0, 0.05) is 17.4 Å². The normalized spacial score (nSPS) is 11.0. The molecule has 0 fully saturated rings. The van der Waals surface area contributed by atoms with E-state index in [0.717, 1.165) is 11.3 Å². The predicted molar refractivity (Wildman–Crippen MR) is 77.7 cm³/mol. The summed E-state index contributed by atoms with van der Waals surface area (Å²) >= 11 is 1.79. The van der Waals surface area contributed by atoms with Gasteiger partial charge in [-0.2, -0.15) is 0 Å². The molecule has 0 spiro atoms. The lowest BCUT2D eigenvalue weighted by atomic mass is 10.1. The molecular formula is C15H14N2S. The maximum absolute atomic E-state index is 5.67. The van der Waals surface area contributed by atoms with E-state index in [-0.39, 0.29) is 0 Å². The van der Waals surface area contributed by atoms with Crippen LogP contribution < -0.4 is 5.73 Å². The summed E-state index contributed by atoms with van der Waals surface area (Å²) in [5.41, 5.74) is 9.12. The number of hydrogen-bond acceptors (Lipinski definition) is 3. The molecular weight excluding hydrogens is 240 g/mol. The molecule has 0 saturated heterocycles. The van der Waals surface area contributed by atoms with E-state index in [2.05, 4.69) is 42.2 Å². The van der Waals surface area contributed by atoms with E-state index in [9.17, 15) is 0 Å². The third-order valence-corrected chi connectivity index (χ3v) is 4.36. The van der Waals surface area contributed by atoms with Crippen molar-refractivity contribution in [2.24, 2.45) is 5.73 Å². The van der Waals surface area contributed by atoms with E-state index >= 15 is 0 Å². The van der Waals surface area contributed by atoms with Crippen LogP contribution in [0.4, 0.5) is 0 Å². The van der Waals surface area contributed by atoms with Crippen molar-refractivity contribution in [2.75, 3.05) is 0 Å². The Kier molecular flexibility index (Phi) is 2.86. The average Bonchev–Trinajstić information content (AvgIpc) is 2.84. The molecule has 0 bridgehead atoms. The number of hydrogen-bond donors (Lipinski definition) is 1. The van der Waals surface area contributed by atoms with Crippen LogP contribution in [0.3, 0.4) is 0 Å². The van der Waals surface area contributed by atoms with Gasteiger partial charge in [0.2, 0.25) is 0 Å². The highest BCUT2D eigenvalue weighted by molar-refractivity contribution is 7.22. The van der Waals surface area contributed by atoms with Crippen LogP contribution in [0.5, 0.6) is 0 Å². The topological polar surface area (TPSA) is 38.9 Å². The number of benzene rings is 1. The Balaban J connectivity index is 2.16. The second kappa shape index (κ2) is 4.52. The van der Waals surface area contributed by atoms with Crippen molar-refractivity contribution in [2.45, 2.75) is 13.5 Å². The molecule has 0 atom stereocenters. The summed E-state index contributed by atoms with van der Waals surface area (Å²) in [4.78, 5) is 5.64. The van der Waals surface area contributed by atoms with E-state index in [1.165, 1.54) is 20.5 Å². The summed E-state index contributed by atoms with van der Waals surface area (Å²) in [6, 6.07) is 12.6. The molecule has 2 N–H and O–H groups in total. The number of aromatic nitrogens is 1. The highest BCUT2D eigenvalue weighted by Gasteiger charge is 2.07. The van der Waals surface area contributed by atoms with Gasteiger partial charge in [-0.25, -0.2) is 0 Å². The van der Waals surface area contributed by atoms with Gasteiger partial charge in [-0.3, -0.25) is 4.98 Å². The monoisotopic (exact) mass is 254 g/mol. The molecule has 90 valence electrons. The minimum atomic E-state index is 0.555. The Labute approximate surface area is 110 Å². The zero-order valence-corrected chi connectivity index (χ0v) is 11.0. The molecule has 0 aliphatic rings. The quantitative estimate of drug-likeness (QED) is 0.756. The molecule has 1 aromatic carbocycles. The van der Waals surface area contributed by atoms with E-state index < -0.39 is 0 Å². The van der Waals surface area contributed by atoms with Gasteiger partial charge in [-0.1, -0.05) is 18.2 Å². The predicted octanol–water partition coefficient (Wildman–Crippen LogP) is 3.73. The summed E-state index contributed by atoms with van der Waals surface area (Å²) in [6.07, 6.45) is 1.83. The minimum Gasteiger partial charge on any atom is -0.326 e. The van der Waals surface area contributed by atoms with Crippen LogP contribution in [0.2, 0.25) is 0 Å². The van der Waals surface area contributed by atoms with Crippen molar-refractivity contribution < 1.29 is 0 Å². The Morgan fingerprint density at radius 3 is 2.89 bits per heavy atom. The highest BCUT2D eigenvalue weighted by atomic mass is 32.1. The largest absolute Gasteiger partial charge is 0.326 e. The molecule has 3 aromatic rings. The lowest BCUT2D eigenvalue weighted by Crippen LogP contribution is -1.96. The minimum absolute atomic E-state index is 0.555. The lowest BCUT2D eigenvalue weighted by Gasteiger charge is -1.99. The number of aryl methyl sites for hydroxylation is 1. The molecule has 3 heteroatoms. The zero-order chi connectivity index (χ0) is 12.5. The fourth-order valence-electron chi connectivity index (χ4n) is 2.07. The van der Waals surface area contributed by atoms with Crippen molar-refractivity contribution in [3.05, 3.63) is 53.7 Å². The van der Waals surface area contributed by atoms with Crippen LogP contribution in [-0.2, 0) is 6.54 Å². The van der Waals surface area contributed by atoms with Gasteiger partial charge >= 0.3 is 0 Å². The molecule has 2 aromatic heterocycles. The second-order valence-electron chi connectivity index (χ2n) is 4.36. The molecule has 0 aliphatic heterocycles. The van der Waals surface area contributed by atoms with E-state index in [4.69, 9.17) is 5.73 Å². The maximum atomic E-state index is 5.67. The summed E-state index contributed by atoms with van der Waals surface area (Å²) in [5, 5.41) is 1.29. The summed E-state index contributed by atoms with van der Waals surface area (Å²) in [7, 11) is 0. The number of nitrogens with two attached hydrogens (primary N) is 1. The first kappa shape index (κ1) is 11.4. The smallest absolute Gasteiger partial charge is 0.0805 e. The zero-order valence-electron chi connectivity index (χ0n) is 10.2. The molecule has 18 heavy (non-hydrogen) atoms. The van der Waals surface area contributed by atoms with Gasteiger partial charge in [-0.15, -0.1) is 11.3 Å². The third kappa shape index (κ3) is 1.92. The Morgan fingerprint density at radius 1 is 1.22 bits per heavy atom. The molecule has 3 rings (SSSR count). The second-order valence-corrected chi connectivity index (χ2v) is 5.41. The number of pyridine rings is 1. The van der Waals surface area contributed by atoms with E-state index in [0.29, 0.717) is 6.54 Å². The van der Waals surface area contributed by atoms with Crippen LogP contribution in [-0.4, -0.2) is 4.98 Å². The Hall–Kier alpha value is -1.71. The summed E-state index contributed by atoms with van der Waals surface area (Å²) in [6.45, 7) is 2.70. The summed E-state index contributed by atoms with van der Waals surface area (Å²) < 4.78 is 1.34. The lowest BCUT2D eigenvalue weighted by molar-refractivity contribution is 1.06. The van der Waals surface area contributed by atoms with Crippen molar-refractivity contribution in [3.63, 3.8) is 0 Å². The molecule has 0 unspecified atom stereocenters. The standard InChI is InChI=1S/C15H14N2S/c1-10-3-2-4-12-8-14(18-15(10)12)13-7-11(9-16)5-6-17-13/h2-8H,9,16H2,1H3. The van der Waals surface area contributed by atoms with Gasteiger partial charge in [0.05, 0.1) is 10.6 Å². The number of rotatable bonds is 2. The first-order valence-electron chi connectivity index (χ1n) is 5.92. The summed E-state index contributed by atoms with van der Waals surface area (Å²) in [5.74, 6) is 0. The molecule has 0 saturated carbocycles. The fourth-order valence-corrected chi connectivity index (χ4v) is 3.17. The van der Waals surface area contributed by atoms with Crippen molar-refractivity contribution in [1.29, 1.82) is 0 Å². The Bertz CT molecular complexity index is 701. The first-order chi connectivity index (χ1) is 8.78. The van der Waals surface area contributed by atoms with Crippen molar-refractivity contribution in [1.82, 2.24) is 4.98 Å². The van der Waals surface area contributed by atoms with Crippen LogP contribution in [0, 0.1) is 6.92 Å². The molecule has 0 amide bonds. The van der Waals surface area contributed by atoms with Gasteiger partial charge in [0.1, 0.15) is 0 Å². The molecule has 0 aliphatic carbocycles. The maximum Gasteiger partial charge on any atom is 0.0805 e. The van der Waals surface area contributed by atoms with Gasteiger partial charge in [-0.05, 0) is 41.6 Å². The molecule has 2 heterocycles. The molecule has 2 nitrogen and oxygen atoms in total. The van der Waals surface area contributed by atoms with Crippen molar-refractivity contribution >= 4 is 21.4 Å². The van der Waals surface area contributed by atoms with Crippen LogP contribution in [0.15, 0.2) is 42.6 Å². The number of thiophene rings is 1. The van der Waals surface area contributed by atoms with Gasteiger partial charge < -0.3 is 5.73 Å². The number of fused-ring (bicyclic) bond motifs is 1. The van der Waals surface area contributed by atoms with E-state index in [1.807, 2.05) is 12.3 Å². The number of nitrogens with zero attached hydrogens (tertiary/aromatic N) is 1. The van der Waals surface area contributed by atoms with Crippen molar-refractivity contribution in [3.8, 4) is 10.6 Å². The average molecular weight is 254 g/mol. The Morgan fingerprint density at radius 2 is 2.11 bits per heavy atom.